The molecule has 4 heterocycles. The minimum atomic E-state index is -4.42. The second-order valence-electron chi connectivity index (χ2n) is 7.37. The van der Waals surface area contributed by atoms with E-state index in [1.165, 1.54) is 18.5 Å². The van der Waals surface area contributed by atoms with Gasteiger partial charge in [-0.05, 0) is 42.5 Å². The van der Waals surface area contributed by atoms with Crippen molar-refractivity contribution in [3.8, 4) is 5.69 Å². The van der Waals surface area contributed by atoms with Crippen molar-refractivity contribution in [1.82, 2.24) is 34.6 Å². The number of pyridine rings is 1. The largest absolute Gasteiger partial charge is 0.416 e. The van der Waals surface area contributed by atoms with Crippen molar-refractivity contribution in [3.63, 3.8) is 0 Å². The Morgan fingerprint density at radius 1 is 1.09 bits per heavy atom. The molecule has 166 valence electrons. The summed E-state index contributed by atoms with van der Waals surface area (Å²) in [6.07, 6.45) is 0.317. The number of nitrogens with zero attached hydrogens (tertiary/aromatic N) is 6. The molecule has 0 saturated carbocycles. The van der Waals surface area contributed by atoms with Gasteiger partial charge in [0.2, 0.25) is 0 Å². The van der Waals surface area contributed by atoms with Gasteiger partial charge in [0.25, 0.3) is 5.91 Å². The van der Waals surface area contributed by atoms with Crippen LogP contribution in [0.2, 0.25) is 0 Å². The maximum atomic E-state index is 13.0. The number of halogens is 3. The summed E-state index contributed by atoms with van der Waals surface area (Å²) in [6.45, 7) is 0.218. The fourth-order valence-electron chi connectivity index (χ4n) is 3.62. The zero-order valence-electron chi connectivity index (χ0n) is 17.2. The molecule has 4 aromatic heterocycles. The van der Waals surface area contributed by atoms with Gasteiger partial charge in [0.1, 0.15) is 17.5 Å². The number of fused-ring (bicyclic) bond motifs is 3. The lowest BCUT2D eigenvalue weighted by Gasteiger charge is -2.10. The Labute approximate surface area is 184 Å². The second-order valence-corrected chi connectivity index (χ2v) is 7.37. The van der Waals surface area contributed by atoms with E-state index in [4.69, 9.17) is 0 Å². The monoisotopic (exact) mass is 451 g/mol. The van der Waals surface area contributed by atoms with Gasteiger partial charge in [0.15, 0.2) is 5.65 Å². The molecule has 0 aliphatic carbocycles. The van der Waals surface area contributed by atoms with E-state index in [0.717, 1.165) is 12.1 Å². The standard InChI is InChI=1S/C22H16F3N7O/c1-31-11-16-19-18(7-6-17(29-19)21(33)27-10-14-8-9-26-12-28-14)32(20(16)30-31)15-4-2-13(3-5-15)22(23,24)25/h2-9,11-12H,10H2,1H3,(H,27,33). The van der Waals surface area contributed by atoms with Gasteiger partial charge in [0.05, 0.1) is 28.7 Å². The zero-order chi connectivity index (χ0) is 23.2. The highest BCUT2D eigenvalue weighted by Crippen LogP contribution is 2.33. The summed E-state index contributed by atoms with van der Waals surface area (Å²) in [5, 5.41) is 7.90. The SMILES string of the molecule is Cn1cc2c3nc(C(=O)NCc4ccncn4)ccc3n(-c3ccc(C(F)(F)F)cc3)c2n1. The van der Waals surface area contributed by atoms with E-state index in [1.807, 2.05) is 0 Å². The van der Waals surface area contributed by atoms with Crippen LogP contribution in [-0.4, -0.2) is 35.2 Å². The number of benzene rings is 1. The van der Waals surface area contributed by atoms with Crippen molar-refractivity contribution in [3.05, 3.63) is 78.1 Å². The predicted molar refractivity (Wildman–Crippen MR) is 114 cm³/mol. The van der Waals surface area contributed by atoms with Gasteiger partial charge in [-0.15, -0.1) is 0 Å². The molecule has 1 aromatic carbocycles. The fourth-order valence-corrected chi connectivity index (χ4v) is 3.62. The van der Waals surface area contributed by atoms with Crippen LogP contribution in [-0.2, 0) is 19.8 Å². The minimum Gasteiger partial charge on any atom is -0.345 e. The lowest BCUT2D eigenvalue weighted by molar-refractivity contribution is -0.137. The quantitative estimate of drug-likeness (QED) is 0.451. The number of aromatic nitrogens is 6. The number of amides is 1. The number of rotatable bonds is 4. The Hall–Kier alpha value is -4.28. The van der Waals surface area contributed by atoms with Gasteiger partial charge in [-0.3, -0.25) is 14.0 Å². The molecule has 8 nitrogen and oxygen atoms in total. The lowest BCUT2D eigenvalue weighted by Crippen LogP contribution is -2.24. The smallest absolute Gasteiger partial charge is 0.345 e. The molecule has 0 saturated heterocycles. The molecule has 5 aromatic rings. The molecule has 0 radical (unpaired) electrons. The Bertz CT molecular complexity index is 1470. The van der Waals surface area contributed by atoms with Crippen LogP contribution in [0.1, 0.15) is 21.7 Å². The van der Waals surface area contributed by atoms with Crippen LogP contribution in [0.25, 0.3) is 27.8 Å². The lowest BCUT2D eigenvalue weighted by atomic mass is 10.2. The predicted octanol–water partition coefficient (Wildman–Crippen LogP) is 3.65. The van der Waals surface area contributed by atoms with Gasteiger partial charge < -0.3 is 5.32 Å². The minimum absolute atomic E-state index is 0.201. The Morgan fingerprint density at radius 3 is 2.58 bits per heavy atom. The van der Waals surface area contributed by atoms with Crippen LogP contribution in [0.5, 0.6) is 0 Å². The zero-order valence-corrected chi connectivity index (χ0v) is 17.2. The summed E-state index contributed by atoms with van der Waals surface area (Å²) < 4.78 is 42.3. The highest BCUT2D eigenvalue weighted by molar-refractivity contribution is 6.07. The van der Waals surface area contributed by atoms with Crippen molar-refractivity contribution in [1.29, 1.82) is 0 Å². The van der Waals surface area contributed by atoms with E-state index in [9.17, 15) is 18.0 Å². The van der Waals surface area contributed by atoms with Crippen molar-refractivity contribution in [2.45, 2.75) is 12.7 Å². The first-order chi connectivity index (χ1) is 15.8. The molecular formula is C22H16F3N7O. The summed E-state index contributed by atoms with van der Waals surface area (Å²) in [5.74, 6) is -0.380. The maximum absolute atomic E-state index is 13.0. The third-order valence-corrected chi connectivity index (χ3v) is 5.15. The second kappa shape index (κ2) is 7.69. The van der Waals surface area contributed by atoms with Crippen molar-refractivity contribution < 1.29 is 18.0 Å². The third-order valence-electron chi connectivity index (χ3n) is 5.15. The number of alkyl halides is 3. The number of hydrogen-bond donors (Lipinski definition) is 1. The van der Waals surface area contributed by atoms with E-state index < -0.39 is 11.7 Å². The summed E-state index contributed by atoms with van der Waals surface area (Å²) in [4.78, 5) is 25.1. The van der Waals surface area contributed by atoms with E-state index in [0.29, 0.717) is 33.4 Å². The molecule has 0 fully saturated rings. The summed E-state index contributed by atoms with van der Waals surface area (Å²) >= 11 is 0. The van der Waals surface area contributed by atoms with Gasteiger partial charge in [-0.2, -0.15) is 18.3 Å². The molecule has 33 heavy (non-hydrogen) atoms. The van der Waals surface area contributed by atoms with Crippen molar-refractivity contribution in [2.24, 2.45) is 7.05 Å². The summed E-state index contributed by atoms with van der Waals surface area (Å²) in [5.41, 5.74) is 2.30. The van der Waals surface area contributed by atoms with E-state index >= 15 is 0 Å². The van der Waals surface area contributed by atoms with Crippen LogP contribution in [0.3, 0.4) is 0 Å². The molecule has 0 aliphatic rings. The van der Waals surface area contributed by atoms with Crippen LogP contribution in [0, 0.1) is 0 Å². The van der Waals surface area contributed by atoms with Crippen LogP contribution in [0.4, 0.5) is 13.2 Å². The third kappa shape index (κ3) is 3.77. The topological polar surface area (TPSA) is 90.5 Å². The van der Waals surface area contributed by atoms with Crippen molar-refractivity contribution in [2.75, 3.05) is 0 Å². The first kappa shape index (κ1) is 20.6. The molecule has 0 atom stereocenters. The van der Waals surface area contributed by atoms with Crippen LogP contribution < -0.4 is 5.32 Å². The van der Waals surface area contributed by atoms with Crippen LogP contribution in [0.15, 0.2) is 61.2 Å². The first-order valence-corrected chi connectivity index (χ1v) is 9.87. The molecule has 1 amide bonds. The number of hydrogen-bond acceptors (Lipinski definition) is 5. The number of carbonyl (C=O) groups excluding carboxylic acids is 1. The van der Waals surface area contributed by atoms with E-state index in [1.54, 1.807) is 46.9 Å². The van der Waals surface area contributed by atoms with Crippen LogP contribution >= 0.6 is 0 Å². The van der Waals surface area contributed by atoms with E-state index in [-0.39, 0.29) is 18.1 Å². The van der Waals surface area contributed by atoms with E-state index in [2.05, 4.69) is 25.4 Å². The Kier molecular flexibility index (Phi) is 4.81. The van der Waals surface area contributed by atoms with Gasteiger partial charge >= 0.3 is 6.18 Å². The summed E-state index contributed by atoms with van der Waals surface area (Å²) in [7, 11) is 1.74. The molecule has 5 rings (SSSR count). The molecular weight excluding hydrogens is 435 g/mol. The first-order valence-electron chi connectivity index (χ1n) is 9.87. The molecule has 0 bridgehead atoms. The average molecular weight is 451 g/mol. The van der Waals surface area contributed by atoms with Gasteiger partial charge in [-0.25, -0.2) is 15.0 Å². The Balaban J connectivity index is 1.55. The number of nitrogens with one attached hydrogen (secondary N) is 1. The normalized spacial score (nSPS) is 11.9. The average Bonchev–Trinajstić information content (AvgIpc) is 3.32. The highest BCUT2D eigenvalue weighted by Gasteiger charge is 2.30. The molecule has 0 unspecified atom stereocenters. The molecule has 11 heteroatoms. The fraction of sp³-hybridized carbons (Fsp3) is 0.136. The van der Waals surface area contributed by atoms with Gasteiger partial charge in [0, 0.05) is 25.1 Å². The van der Waals surface area contributed by atoms with Crippen molar-refractivity contribution >= 4 is 28.0 Å². The summed E-state index contributed by atoms with van der Waals surface area (Å²) in [6, 6.07) is 9.80. The highest BCUT2D eigenvalue weighted by atomic mass is 19.4. The molecule has 0 aliphatic heterocycles. The maximum Gasteiger partial charge on any atom is 0.416 e. The molecule has 1 N–H and O–H groups in total. The van der Waals surface area contributed by atoms with Gasteiger partial charge in [-0.1, -0.05) is 0 Å². The number of carbonyl (C=O) groups is 1. The Morgan fingerprint density at radius 2 is 1.88 bits per heavy atom. The molecule has 0 spiro atoms. The number of aryl methyl sites for hydroxylation is 1.